The number of aryl methyl sites for hydroxylation is 2. The summed E-state index contributed by atoms with van der Waals surface area (Å²) in [6, 6.07) is 32.1. The maximum Gasteiger partial charge on any atom is 0.150 e. The van der Waals surface area contributed by atoms with Crippen molar-refractivity contribution in [1.82, 2.24) is 9.13 Å². The van der Waals surface area contributed by atoms with Crippen LogP contribution in [-0.2, 0) is 13.1 Å². The number of carbonyl (C=O) groups is 1. The van der Waals surface area contributed by atoms with Crippen LogP contribution in [0.15, 0.2) is 91.0 Å². The number of hydrogen-bond donors (Lipinski definition) is 0. The zero-order valence-corrected chi connectivity index (χ0v) is 19.3. The van der Waals surface area contributed by atoms with E-state index in [-0.39, 0.29) is 0 Å². The van der Waals surface area contributed by atoms with E-state index in [2.05, 4.69) is 88.0 Å². The van der Waals surface area contributed by atoms with Crippen LogP contribution in [0.1, 0.15) is 36.0 Å². The summed E-state index contributed by atoms with van der Waals surface area (Å²) >= 11 is 0. The maximum atomic E-state index is 11.3. The fourth-order valence-electron chi connectivity index (χ4n) is 5.52. The molecular formula is C31H28N2O. The zero-order chi connectivity index (χ0) is 22.9. The van der Waals surface area contributed by atoms with Gasteiger partial charge in [-0.05, 0) is 49.2 Å². The van der Waals surface area contributed by atoms with Gasteiger partial charge in [-0.3, -0.25) is 4.79 Å². The molecule has 0 radical (unpaired) electrons. The fourth-order valence-corrected chi connectivity index (χ4v) is 5.52. The second kappa shape index (κ2) is 8.83. The van der Waals surface area contributed by atoms with Crippen molar-refractivity contribution < 1.29 is 4.79 Å². The van der Waals surface area contributed by atoms with Gasteiger partial charge < -0.3 is 9.13 Å². The van der Waals surface area contributed by atoms with Gasteiger partial charge in [0.1, 0.15) is 6.29 Å². The summed E-state index contributed by atoms with van der Waals surface area (Å²) in [5.74, 6) is 0. The molecule has 0 spiro atoms. The van der Waals surface area contributed by atoms with Crippen LogP contribution in [-0.4, -0.2) is 15.4 Å². The molecule has 0 aliphatic carbocycles. The Balaban J connectivity index is 1.15. The van der Waals surface area contributed by atoms with Crippen molar-refractivity contribution in [1.29, 1.82) is 0 Å². The third kappa shape index (κ3) is 3.49. The normalized spacial score (nSPS) is 11.8. The van der Waals surface area contributed by atoms with E-state index in [1.807, 2.05) is 12.1 Å². The van der Waals surface area contributed by atoms with Crippen molar-refractivity contribution in [3.8, 4) is 0 Å². The van der Waals surface area contributed by atoms with Gasteiger partial charge in [-0.1, -0.05) is 67.4 Å². The molecule has 0 aliphatic rings. The topological polar surface area (TPSA) is 26.9 Å². The number of para-hydroxylation sites is 3. The molecule has 168 valence electrons. The highest BCUT2D eigenvalue weighted by Gasteiger charge is 2.11. The third-order valence-corrected chi connectivity index (χ3v) is 7.13. The molecule has 0 unspecified atom stereocenters. The molecule has 0 N–H and O–H groups in total. The Hall–Kier alpha value is -3.85. The largest absolute Gasteiger partial charge is 0.340 e. The Bertz CT molecular complexity index is 1580. The van der Waals surface area contributed by atoms with E-state index >= 15 is 0 Å². The molecule has 0 saturated heterocycles. The van der Waals surface area contributed by atoms with Crippen LogP contribution in [0.25, 0.3) is 43.6 Å². The van der Waals surface area contributed by atoms with E-state index in [9.17, 15) is 4.79 Å². The van der Waals surface area contributed by atoms with E-state index in [4.69, 9.17) is 0 Å². The first-order valence-corrected chi connectivity index (χ1v) is 12.3. The van der Waals surface area contributed by atoms with E-state index < -0.39 is 0 Å². The molecule has 34 heavy (non-hydrogen) atoms. The third-order valence-electron chi connectivity index (χ3n) is 7.13. The molecule has 0 aliphatic heterocycles. The second-order valence-electron chi connectivity index (χ2n) is 9.16. The highest BCUT2D eigenvalue weighted by atomic mass is 16.1. The lowest BCUT2D eigenvalue weighted by atomic mass is 10.1. The Morgan fingerprint density at radius 1 is 0.500 bits per heavy atom. The molecule has 0 saturated carbocycles. The van der Waals surface area contributed by atoms with Gasteiger partial charge in [0.25, 0.3) is 0 Å². The van der Waals surface area contributed by atoms with Crippen LogP contribution in [0.3, 0.4) is 0 Å². The molecule has 4 aromatic carbocycles. The van der Waals surface area contributed by atoms with Crippen molar-refractivity contribution in [3.05, 3.63) is 96.6 Å². The average Bonchev–Trinajstić information content (AvgIpc) is 3.38. The SMILES string of the molecule is O=Cc1ccc2c(c1)c1ccccc1n2CCCCCCn1c2ccccc2c2ccccc21. The van der Waals surface area contributed by atoms with Crippen LogP contribution in [0.2, 0.25) is 0 Å². The van der Waals surface area contributed by atoms with Gasteiger partial charge in [-0.25, -0.2) is 0 Å². The highest BCUT2D eigenvalue weighted by Crippen LogP contribution is 2.31. The summed E-state index contributed by atoms with van der Waals surface area (Å²) in [5, 5.41) is 5.10. The Kier molecular flexibility index (Phi) is 5.38. The fraction of sp³-hybridized carbons (Fsp3) is 0.194. The number of hydrogen-bond acceptors (Lipinski definition) is 1. The molecule has 6 rings (SSSR count). The molecule has 2 aromatic heterocycles. The molecule has 0 fully saturated rings. The molecule has 0 bridgehead atoms. The minimum Gasteiger partial charge on any atom is -0.340 e. The van der Waals surface area contributed by atoms with Crippen LogP contribution in [0.5, 0.6) is 0 Å². The summed E-state index contributed by atoms with van der Waals surface area (Å²) in [4.78, 5) is 11.3. The van der Waals surface area contributed by atoms with E-state index in [1.54, 1.807) is 0 Å². The number of carbonyl (C=O) groups excluding carboxylic acids is 1. The summed E-state index contributed by atoms with van der Waals surface area (Å²) in [5.41, 5.74) is 5.88. The summed E-state index contributed by atoms with van der Waals surface area (Å²) < 4.78 is 4.91. The molecule has 3 heteroatoms. The predicted molar refractivity (Wildman–Crippen MR) is 143 cm³/mol. The van der Waals surface area contributed by atoms with Gasteiger partial charge in [-0.15, -0.1) is 0 Å². The first-order valence-electron chi connectivity index (χ1n) is 12.3. The van der Waals surface area contributed by atoms with Crippen molar-refractivity contribution in [2.45, 2.75) is 38.8 Å². The number of aldehydes is 1. The molecule has 3 nitrogen and oxygen atoms in total. The van der Waals surface area contributed by atoms with Crippen LogP contribution < -0.4 is 0 Å². The van der Waals surface area contributed by atoms with E-state index in [0.717, 1.165) is 31.4 Å². The van der Waals surface area contributed by atoms with Crippen LogP contribution in [0, 0.1) is 0 Å². The number of benzene rings is 4. The Morgan fingerprint density at radius 3 is 1.44 bits per heavy atom. The van der Waals surface area contributed by atoms with Gasteiger partial charge in [0.2, 0.25) is 0 Å². The molecular weight excluding hydrogens is 416 g/mol. The monoisotopic (exact) mass is 444 g/mol. The standard InChI is InChI=1S/C31H28N2O/c34-22-23-17-18-31-27(21-23)26-13-5-8-16-30(26)33(31)20-10-2-1-9-19-32-28-14-6-3-11-24(28)25-12-4-7-15-29(25)32/h3-8,11-18,21-22H,1-2,9-10,19-20H2. The molecule has 6 aromatic rings. The lowest BCUT2D eigenvalue weighted by Gasteiger charge is -2.09. The van der Waals surface area contributed by atoms with Gasteiger partial charge in [0.05, 0.1) is 0 Å². The van der Waals surface area contributed by atoms with Gasteiger partial charge in [0, 0.05) is 62.3 Å². The van der Waals surface area contributed by atoms with Crippen LogP contribution in [0.4, 0.5) is 0 Å². The van der Waals surface area contributed by atoms with Crippen molar-refractivity contribution >= 4 is 49.9 Å². The minimum absolute atomic E-state index is 0.737. The molecule has 0 atom stereocenters. The molecule has 2 heterocycles. The average molecular weight is 445 g/mol. The number of nitrogens with zero attached hydrogens (tertiary/aromatic N) is 2. The van der Waals surface area contributed by atoms with Crippen molar-refractivity contribution in [3.63, 3.8) is 0 Å². The second-order valence-corrected chi connectivity index (χ2v) is 9.16. The zero-order valence-electron chi connectivity index (χ0n) is 19.3. The van der Waals surface area contributed by atoms with E-state index in [1.165, 1.54) is 62.9 Å². The van der Waals surface area contributed by atoms with Crippen LogP contribution >= 0.6 is 0 Å². The highest BCUT2D eigenvalue weighted by molar-refractivity contribution is 6.09. The number of fused-ring (bicyclic) bond motifs is 6. The Labute approximate surface area is 199 Å². The quantitative estimate of drug-likeness (QED) is 0.173. The Morgan fingerprint density at radius 2 is 0.941 bits per heavy atom. The van der Waals surface area contributed by atoms with Gasteiger partial charge >= 0.3 is 0 Å². The summed E-state index contributed by atoms with van der Waals surface area (Å²) in [6.45, 7) is 2.05. The summed E-state index contributed by atoms with van der Waals surface area (Å²) in [6.07, 6.45) is 5.68. The summed E-state index contributed by atoms with van der Waals surface area (Å²) in [7, 11) is 0. The lowest BCUT2D eigenvalue weighted by molar-refractivity contribution is 0.112. The number of unbranched alkanes of at least 4 members (excludes halogenated alkanes) is 3. The number of rotatable bonds is 8. The first-order chi connectivity index (χ1) is 16.8. The lowest BCUT2D eigenvalue weighted by Crippen LogP contribution is -2.00. The van der Waals surface area contributed by atoms with Crippen molar-refractivity contribution in [2.24, 2.45) is 0 Å². The molecule has 0 amide bonds. The minimum atomic E-state index is 0.737. The number of aromatic nitrogens is 2. The van der Waals surface area contributed by atoms with Gasteiger partial charge in [-0.2, -0.15) is 0 Å². The smallest absolute Gasteiger partial charge is 0.150 e. The van der Waals surface area contributed by atoms with Gasteiger partial charge in [0.15, 0.2) is 0 Å². The van der Waals surface area contributed by atoms with Crippen molar-refractivity contribution in [2.75, 3.05) is 0 Å². The maximum absolute atomic E-state index is 11.3. The van der Waals surface area contributed by atoms with E-state index in [0.29, 0.717) is 0 Å². The predicted octanol–water partition coefficient (Wildman–Crippen LogP) is 7.98. The first kappa shape index (κ1) is 20.7.